The van der Waals surface area contributed by atoms with E-state index in [4.69, 9.17) is 38.8 Å². The molecule has 33 heavy (non-hydrogen) atoms. The molecule has 1 rings (SSSR count). The third-order valence-corrected chi connectivity index (χ3v) is 5.34. The minimum atomic E-state index is -1.58. The van der Waals surface area contributed by atoms with Gasteiger partial charge in [-0.15, -0.1) is 0 Å². The Morgan fingerprint density at radius 1 is 0.667 bits per heavy atom. The maximum atomic E-state index is 5.77. The van der Waals surface area contributed by atoms with Gasteiger partial charge in [-0.2, -0.15) is 14.7 Å². The average molecular weight is 479 g/mol. The van der Waals surface area contributed by atoms with Crippen LogP contribution >= 0.6 is 0 Å². The lowest BCUT2D eigenvalue weighted by atomic mass is 9.93. The van der Waals surface area contributed by atoms with E-state index in [1.807, 2.05) is 20.8 Å². The largest absolute Gasteiger partial charge is 0.379 e. The highest BCUT2D eigenvalue weighted by molar-refractivity contribution is 4.71. The molecule has 198 valence electrons. The Balaban J connectivity index is 2.80. The molecule has 0 radical (unpaired) electrons. The second kappa shape index (κ2) is 21.0. The quantitative estimate of drug-likeness (QED) is 0.0473. The average Bonchev–Trinajstić information content (AvgIpc) is 3.64. The van der Waals surface area contributed by atoms with Crippen molar-refractivity contribution in [1.82, 2.24) is 0 Å². The van der Waals surface area contributed by atoms with E-state index in [1.54, 1.807) is 0 Å². The molecule has 0 N–H and O–H groups in total. The number of hydrogen-bond acceptors (Lipinski definition) is 8. The predicted octanol–water partition coefficient (Wildman–Crippen LogP) is 6.28. The van der Waals surface area contributed by atoms with E-state index in [0.29, 0.717) is 33.0 Å². The van der Waals surface area contributed by atoms with Crippen molar-refractivity contribution < 1.29 is 38.8 Å². The summed E-state index contributed by atoms with van der Waals surface area (Å²) < 4.78 is 11.0. The van der Waals surface area contributed by atoms with E-state index in [-0.39, 0.29) is 12.0 Å². The van der Waals surface area contributed by atoms with E-state index >= 15 is 0 Å². The van der Waals surface area contributed by atoms with Gasteiger partial charge in [0, 0.05) is 12.5 Å². The molecule has 0 saturated carbocycles. The highest BCUT2D eigenvalue weighted by Crippen LogP contribution is 2.35. The van der Waals surface area contributed by atoms with Crippen LogP contribution in [0.1, 0.15) is 105 Å². The number of unbranched alkanes of at least 4 members (excludes halogenated alkanes) is 5. The Morgan fingerprint density at radius 3 is 1.70 bits per heavy atom. The Hall–Kier alpha value is -0.320. The highest BCUT2D eigenvalue weighted by Gasteiger charge is 2.47. The molecule has 2 unspecified atom stereocenters. The van der Waals surface area contributed by atoms with Gasteiger partial charge in [0.1, 0.15) is 6.10 Å². The summed E-state index contributed by atoms with van der Waals surface area (Å²) in [5, 5.41) is 0. The zero-order chi connectivity index (χ0) is 24.0. The summed E-state index contributed by atoms with van der Waals surface area (Å²) in [5.74, 6) is -1.72. The maximum Gasteiger partial charge on any atom is 0.368 e. The molecule has 8 nitrogen and oxygen atoms in total. The number of hydrogen-bond donors (Lipinski definition) is 0. The van der Waals surface area contributed by atoms with Gasteiger partial charge in [0.2, 0.25) is 0 Å². The molecule has 0 spiro atoms. The fourth-order valence-electron chi connectivity index (χ4n) is 3.35. The van der Waals surface area contributed by atoms with Crippen molar-refractivity contribution in [3.63, 3.8) is 0 Å². The van der Waals surface area contributed by atoms with Crippen LogP contribution in [0.5, 0.6) is 0 Å². The number of rotatable bonds is 26. The summed E-state index contributed by atoms with van der Waals surface area (Å²) >= 11 is 0. The van der Waals surface area contributed by atoms with Gasteiger partial charge in [-0.1, -0.05) is 66.2 Å². The Bertz CT molecular complexity index is 393. The van der Waals surface area contributed by atoms with Crippen molar-refractivity contribution in [2.75, 3.05) is 39.6 Å². The van der Waals surface area contributed by atoms with Crippen LogP contribution in [0.3, 0.4) is 0 Å². The molecule has 1 aliphatic rings. The topological polar surface area (TPSA) is 77.1 Å². The summed E-state index contributed by atoms with van der Waals surface area (Å²) in [4.78, 5) is 33.7. The van der Waals surface area contributed by atoms with Crippen LogP contribution in [0.15, 0.2) is 0 Å². The van der Waals surface area contributed by atoms with Crippen molar-refractivity contribution in [2.24, 2.45) is 5.92 Å². The smallest absolute Gasteiger partial charge is 0.368 e. The summed E-state index contributed by atoms with van der Waals surface area (Å²) in [6.07, 6.45) is 12.4. The second-order valence-corrected chi connectivity index (χ2v) is 8.75. The lowest BCUT2D eigenvalue weighted by Crippen LogP contribution is -2.47. The lowest BCUT2D eigenvalue weighted by Gasteiger charge is -2.35. The van der Waals surface area contributed by atoms with Crippen LogP contribution in [-0.4, -0.2) is 51.7 Å². The molecule has 1 heterocycles. The Morgan fingerprint density at radius 2 is 1.18 bits per heavy atom. The van der Waals surface area contributed by atoms with Crippen LogP contribution in [0.25, 0.3) is 0 Å². The van der Waals surface area contributed by atoms with Crippen molar-refractivity contribution in [3.05, 3.63) is 0 Å². The SMILES string of the molecule is CCCCCCCCC(CCCOCC1CO1)C(OOCCC)(OOCCC)OOCCC. The van der Waals surface area contributed by atoms with E-state index in [9.17, 15) is 0 Å². The molecule has 0 aromatic heterocycles. The molecule has 0 bridgehead atoms. The molecule has 8 heteroatoms. The van der Waals surface area contributed by atoms with Gasteiger partial charge in [0.05, 0.1) is 33.0 Å². The second-order valence-electron chi connectivity index (χ2n) is 8.75. The number of epoxide rings is 1. The van der Waals surface area contributed by atoms with Crippen LogP contribution < -0.4 is 0 Å². The van der Waals surface area contributed by atoms with Gasteiger partial charge in [-0.05, 0) is 38.5 Å². The Labute approximate surface area is 201 Å². The summed E-state index contributed by atoms with van der Waals surface area (Å²) in [6, 6.07) is 0. The molecule has 1 aliphatic heterocycles. The number of ether oxygens (including phenoxy) is 2. The summed E-state index contributed by atoms with van der Waals surface area (Å²) in [6.45, 7) is 11.6. The fraction of sp³-hybridized carbons (Fsp3) is 1.00. The van der Waals surface area contributed by atoms with Crippen LogP contribution in [0.4, 0.5) is 0 Å². The Kier molecular flexibility index (Phi) is 19.5. The lowest BCUT2D eigenvalue weighted by molar-refractivity contribution is -0.644. The van der Waals surface area contributed by atoms with Gasteiger partial charge in [0.25, 0.3) is 0 Å². The van der Waals surface area contributed by atoms with Crippen molar-refractivity contribution in [1.29, 1.82) is 0 Å². The summed E-state index contributed by atoms with van der Waals surface area (Å²) in [5.41, 5.74) is 0. The van der Waals surface area contributed by atoms with Crippen molar-refractivity contribution in [2.45, 2.75) is 117 Å². The minimum Gasteiger partial charge on any atom is -0.379 e. The molecular weight excluding hydrogens is 428 g/mol. The van der Waals surface area contributed by atoms with Gasteiger partial charge < -0.3 is 9.47 Å². The fourth-order valence-corrected chi connectivity index (χ4v) is 3.35. The van der Waals surface area contributed by atoms with Crippen molar-refractivity contribution in [3.8, 4) is 0 Å². The van der Waals surface area contributed by atoms with Gasteiger partial charge in [-0.25, -0.2) is 14.7 Å². The minimum absolute atomic E-state index is 0.144. The summed E-state index contributed by atoms with van der Waals surface area (Å²) in [7, 11) is 0. The van der Waals surface area contributed by atoms with Gasteiger partial charge in [0.15, 0.2) is 0 Å². The molecule has 1 fully saturated rings. The molecule has 0 aliphatic carbocycles. The molecule has 0 aromatic rings. The molecule has 1 saturated heterocycles. The van der Waals surface area contributed by atoms with E-state index in [0.717, 1.165) is 58.0 Å². The maximum absolute atomic E-state index is 5.77. The van der Waals surface area contributed by atoms with E-state index in [2.05, 4.69) is 6.92 Å². The molecule has 2 atom stereocenters. The van der Waals surface area contributed by atoms with Gasteiger partial charge in [-0.3, -0.25) is 0 Å². The third kappa shape index (κ3) is 15.3. The monoisotopic (exact) mass is 478 g/mol. The zero-order valence-electron chi connectivity index (χ0n) is 21.6. The molecular formula is C25H50O8. The normalized spacial score (nSPS) is 16.9. The van der Waals surface area contributed by atoms with Crippen LogP contribution in [0.2, 0.25) is 0 Å². The first kappa shape index (κ1) is 30.7. The molecule has 0 amide bonds. The zero-order valence-corrected chi connectivity index (χ0v) is 21.6. The van der Waals surface area contributed by atoms with E-state index < -0.39 is 5.97 Å². The predicted molar refractivity (Wildman–Crippen MR) is 126 cm³/mol. The standard InChI is InChI=1S/C25H50O8/c1-5-9-10-11-12-13-15-23(16-14-20-26-21-24-22-27-24)25(31-28-17-6-2,32-29-18-7-3)33-30-19-8-4/h23-24H,5-22H2,1-4H3. The first-order valence-electron chi connectivity index (χ1n) is 13.3. The highest BCUT2D eigenvalue weighted by atomic mass is 17.4. The van der Waals surface area contributed by atoms with Crippen LogP contribution in [-0.2, 0) is 38.8 Å². The first-order chi connectivity index (χ1) is 16.2. The van der Waals surface area contributed by atoms with Gasteiger partial charge >= 0.3 is 5.97 Å². The van der Waals surface area contributed by atoms with Crippen molar-refractivity contribution >= 4 is 0 Å². The first-order valence-corrected chi connectivity index (χ1v) is 13.3. The third-order valence-electron chi connectivity index (χ3n) is 5.34. The molecule has 0 aromatic carbocycles. The van der Waals surface area contributed by atoms with Crippen LogP contribution in [0, 0.1) is 5.92 Å². The van der Waals surface area contributed by atoms with E-state index in [1.165, 1.54) is 25.7 Å².